The number of primary amides is 1. The van der Waals surface area contributed by atoms with E-state index in [0.29, 0.717) is 0 Å². The van der Waals surface area contributed by atoms with Crippen molar-refractivity contribution < 1.29 is 9.59 Å². The fraction of sp³-hybridized carbons (Fsp3) is 0.304. The second-order valence-electron chi connectivity index (χ2n) is 7.62. The van der Waals surface area contributed by atoms with Crippen LogP contribution in [0.3, 0.4) is 0 Å². The van der Waals surface area contributed by atoms with Crippen LogP contribution in [0.25, 0.3) is 22.2 Å². The minimum absolute atomic E-state index is 0.0110. The van der Waals surface area contributed by atoms with Crippen molar-refractivity contribution in [3.8, 4) is 11.3 Å². The summed E-state index contributed by atoms with van der Waals surface area (Å²) >= 11 is 0. The molecule has 0 bridgehead atoms. The van der Waals surface area contributed by atoms with Crippen molar-refractivity contribution in [2.24, 2.45) is 5.73 Å². The van der Waals surface area contributed by atoms with Crippen molar-refractivity contribution in [1.82, 2.24) is 14.8 Å². The van der Waals surface area contributed by atoms with Gasteiger partial charge in [-0.25, -0.2) is 0 Å². The van der Waals surface area contributed by atoms with Gasteiger partial charge in [0.25, 0.3) is 0 Å². The molecule has 150 valence electrons. The van der Waals surface area contributed by atoms with Gasteiger partial charge >= 0.3 is 0 Å². The Morgan fingerprint density at radius 3 is 2.38 bits per heavy atom. The number of hydrogen-bond donors (Lipinski definition) is 2. The van der Waals surface area contributed by atoms with Gasteiger partial charge in [0.1, 0.15) is 6.54 Å². The summed E-state index contributed by atoms with van der Waals surface area (Å²) in [5.41, 5.74) is 8.46. The lowest BCUT2D eigenvalue weighted by atomic mass is 10.0. The SMILES string of the molecule is NC(=O)CN1CCC(NC(=O)Cn2c(-c3ccccc3)cc3ccccc32)CC1. The lowest BCUT2D eigenvalue weighted by Crippen LogP contribution is -2.47. The fourth-order valence-corrected chi connectivity index (χ4v) is 4.10. The second-order valence-corrected chi connectivity index (χ2v) is 7.62. The molecule has 3 aromatic rings. The van der Waals surface area contributed by atoms with Crippen LogP contribution in [0.4, 0.5) is 0 Å². The summed E-state index contributed by atoms with van der Waals surface area (Å²) in [4.78, 5) is 26.0. The van der Waals surface area contributed by atoms with Crippen LogP contribution in [-0.2, 0) is 16.1 Å². The first kappa shape index (κ1) is 19.2. The van der Waals surface area contributed by atoms with E-state index in [2.05, 4.69) is 40.2 Å². The van der Waals surface area contributed by atoms with E-state index < -0.39 is 0 Å². The standard InChI is InChI=1S/C23H26N4O2/c24-22(28)15-26-12-10-19(11-13-26)25-23(29)16-27-20-9-5-4-8-18(20)14-21(27)17-6-2-1-3-7-17/h1-9,14,19H,10-13,15-16H2,(H2,24,28)(H,25,29). The third-order valence-electron chi connectivity index (χ3n) is 5.51. The first-order valence-electron chi connectivity index (χ1n) is 10.0. The number of piperidine rings is 1. The van der Waals surface area contributed by atoms with Crippen LogP contribution in [0, 0.1) is 0 Å². The van der Waals surface area contributed by atoms with Crippen LogP contribution in [-0.4, -0.2) is 47.0 Å². The Balaban J connectivity index is 1.48. The molecule has 29 heavy (non-hydrogen) atoms. The molecule has 4 rings (SSSR count). The van der Waals surface area contributed by atoms with Crippen molar-refractivity contribution in [3.63, 3.8) is 0 Å². The predicted octanol–water partition coefficient (Wildman–Crippen LogP) is 2.37. The van der Waals surface area contributed by atoms with E-state index in [9.17, 15) is 9.59 Å². The summed E-state index contributed by atoms with van der Waals surface area (Å²) < 4.78 is 2.09. The number of likely N-dealkylation sites (tertiary alicyclic amines) is 1. The molecule has 1 aromatic heterocycles. The normalized spacial score (nSPS) is 15.4. The van der Waals surface area contributed by atoms with Gasteiger partial charge in [0, 0.05) is 35.7 Å². The second kappa shape index (κ2) is 8.49. The van der Waals surface area contributed by atoms with Crippen LogP contribution < -0.4 is 11.1 Å². The zero-order valence-corrected chi connectivity index (χ0v) is 16.4. The van der Waals surface area contributed by atoms with E-state index in [4.69, 9.17) is 5.73 Å². The van der Waals surface area contributed by atoms with Gasteiger partial charge in [0.15, 0.2) is 0 Å². The van der Waals surface area contributed by atoms with Gasteiger partial charge in [-0.3, -0.25) is 14.5 Å². The number of rotatable bonds is 6. The highest BCUT2D eigenvalue weighted by molar-refractivity contribution is 5.89. The number of nitrogens with zero attached hydrogens (tertiary/aromatic N) is 2. The topological polar surface area (TPSA) is 80.4 Å². The van der Waals surface area contributed by atoms with Gasteiger partial charge in [0.05, 0.1) is 6.54 Å². The van der Waals surface area contributed by atoms with E-state index in [0.717, 1.165) is 48.1 Å². The monoisotopic (exact) mass is 390 g/mol. The highest BCUT2D eigenvalue weighted by atomic mass is 16.2. The fourth-order valence-electron chi connectivity index (χ4n) is 4.10. The largest absolute Gasteiger partial charge is 0.369 e. The number of hydrogen-bond acceptors (Lipinski definition) is 3. The number of carbonyl (C=O) groups excluding carboxylic acids is 2. The summed E-state index contributed by atoms with van der Waals surface area (Å²) in [5.74, 6) is -0.294. The molecule has 6 heteroatoms. The van der Waals surface area contributed by atoms with Crippen molar-refractivity contribution in [2.75, 3.05) is 19.6 Å². The van der Waals surface area contributed by atoms with Crippen molar-refractivity contribution in [3.05, 3.63) is 60.7 Å². The van der Waals surface area contributed by atoms with Crippen LogP contribution in [0.15, 0.2) is 60.7 Å². The number of carbonyl (C=O) groups is 2. The average molecular weight is 390 g/mol. The molecule has 0 unspecified atom stereocenters. The summed E-state index contributed by atoms with van der Waals surface area (Å²) in [6.07, 6.45) is 1.66. The minimum Gasteiger partial charge on any atom is -0.369 e. The van der Waals surface area contributed by atoms with E-state index in [1.54, 1.807) is 0 Å². The van der Waals surface area contributed by atoms with Crippen LogP contribution in [0.5, 0.6) is 0 Å². The zero-order chi connectivity index (χ0) is 20.2. The molecule has 2 aromatic carbocycles. The van der Waals surface area contributed by atoms with E-state index in [-0.39, 0.29) is 30.9 Å². The quantitative estimate of drug-likeness (QED) is 0.678. The molecule has 1 aliphatic rings. The summed E-state index contributed by atoms with van der Waals surface area (Å²) in [6.45, 7) is 2.11. The first-order valence-corrected chi connectivity index (χ1v) is 10.0. The van der Waals surface area contributed by atoms with Gasteiger partial charge < -0.3 is 15.6 Å². The highest BCUT2D eigenvalue weighted by Gasteiger charge is 2.22. The summed E-state index contributed by atoms with van der Waals surface area (Å²) in [7, 11) is 0. The smallest absolute Gasteiger partial charge is 0.240 e. The number of amides is 2. The summed E-state index contributed by atoms with van der Waals surface area (Å²) in [5, 5.41) is 4.30. The lowest BCUT2D eigenvalue weighted by Gasteiger charge is -2.31. The van der Waals surface area contributed by atoms with E-state index >= 15 is 0 Å². The zero-order valence-electron chi connectivity index (χ0n) is 16.4. The van der Waals surface area contributed by atoms with Crippen LogP contribution >= 0.6 is 0 Å². The van der Waals surface area contributed by atoms with Gasteiger partial charge in [-0.1, -0.05) is 48.5 Å². The molecule has 1 saturated heterocycles. The Labute approximate surface area is 170 Å². The van der Waals surface area contributed by atoms with Crippen LogP contribution in [0.1, 0.15) is 12.8 Å². The number of nitrogens with one attached hydrogen (secondary N) is 1. The Hall–Kier alpha value is -3.12. The van der Waals surface area contributed by atoms with Crippen LogP contribution in [0.2, 0.25) is 0 Å². The van der Waals surface area contributed by atoms with Crippen molar-refractivity contribution in [2.45, 2.75) is 25.4 Å². The van der Waals surface area contributed by atoms with E-state index in [1.807, 2.05) is 35.2 Å². The Morgan fingerprint density at radius 1 is 0.966 bits per heavy atom. The average Bonchev–Trinajstić information content (AvgIpc) is 3.08. The van der Waals surface area contributed by atoms with Gasteiger partial charge in [-0.2, -0.15) is 0 Å². The van der Waals surface area contributed by atoms with E-state index in [1.165, 1.54) is 0 Å². The Morgan fingerprint density at radius 2 is 1.66 bits per heavy atom. The molecule has 0 radical (unpaired) electrons. The number of nitrogens with two attached hydrogens (primary N) is 1. The Kier molecular flexibility index (Phi) is 5.62. The van der Waals surface area contributed by atoms with Crippen molar-refractivity contribution >= 4 is 22.7 Å². The molecule has 0 saturated carbocycles. The van der Waals surface area contributed by atoms with Gasteiger partial charge in [-0.15, -0.1) is 0 Å². The molecule has 0 spiro atoms. The Bertz CT molecular complexity index is 1000. The highest BCUT2D eigenvalue weighted by Crippen LogP contribution is 2.28. The van der Waals surface area contributed by atoms with Crippen molar-refractivity contribution in [1.29, 1.82) is 0 Å². The number of aromatic nitrogens is 1. The molecular weight excluding hydrogens is 364 g/mol. The molecule has 2 amide bonds. The third-order valence-corrected chi connectivity index (χ3v) is 5.51. The molecule has 0 atom stereocenters. The predicted molar refractivity (Wildman–Crippen MR) is 114 cm³/mol. The molecule has 1 fully saturated rings. The maximum Gasteiger partial charge on any atom is 0.240 e. The third kappa shape index (κ3) is 4.49. The van der Waals surface area contributed by atoms with Gasteiger partial charge in [-0.05, 0) is 30.5 Å². The minimum atomic E-state index is -0.305. The molecule has 6 nitrogen and oxygen atoms in total. The maximum absolute atomic E-state index is 12.8. The molecule has 1 aliphatic heterocycles. The number of fused-ring (bicyclic) bond motifs is 1. The van der Waals surface area contributed by atoms with Gasteiger partial charge in [0.2, 0.25) is 11.8 Å². The molecule has 0 aliphatic carbocycles. The lowest BCUT2D eigenvalue weighted by molar-refractivity contribution is -0.123. The molecule has 3 N–H and O–H groups in total. The molecule has 2 heterocycles. The summed E-state index contributed by atoms with van der Waals surface area (Å²) in [6, 6.07) is 20.6. The first-order chi connectivity index (χ1) is 14.1. The number of benzene rings is 2. The molecular formula is C23H26N4O2. The number of para-hydroxylation sites is 1. The maximum atomic E-state index is 12.8.